The van der Waals surface area contributed by atoms with Gasteiger partial charge < -0.3 is 5.32 Å². The van der Waals surface area contributed by atoms with E-state index in [4.69, 9.17) is 0 Å². The fourth-order valence-corrected chi connectivity index (χ4v) is 3.29. The van der Waals surface area contributed by atoms with Crippen molar-refractivity contribution in [2.45, 2.75) is 19.4 Å². The average Bonchev–Trinajstić information content (AvgIpc) is 2.72. The Labute approximate surface area is 99.4 Å². The van der Waals surface area contributed by atoms with Crippen LogP contribution in [0, 0.1) is 0 Å². The van der Waals surface area contributed by atoms with E-state index in [0.29, 0.717) is 0 Å². The van der Waals surface area contributed by atoms with Crippen LogP contribution >= 0.6 is 11.3 Å². The van der Waals surface area contributed by atoms with E-state index in [-0.39, 0.29) is 0 Å². The molecule has 1 aliphatic heterocycles. The number of rotatable bonds is 2. The van der Waals surface area contributed by atoms with Crippen LogP contribution in [-0.4, -0.2) is 11.5 Å². The molecule has 82 valence electrons. The first-order valence-electron chi connectivity index (χ1n) is 5.63. The Morgan fingerprint density at radius 1 is 1.38 bits per heavy atom. The molecule has 16 heavy (non-hydrogen) atoms. The van der Waals surface area contributed by atoms with Crippen molar-refractivity contribution in [2.75, 3.05) is 6.54 Å². The maximum Gasteiger partial charge on any atom is 0.0455 e. The molecule has 0 aromatic carbocycles. The van der Waals surface area contributed by atoms with Crippen molar-refractivity contribution >= 4 is 11.3 Å². The van der Waals surface area contributed by atoms with E-state index in [0.717, 1.165) is 25.2 Å². The van der Waals surface area contributed by atoms with Crippen molar-refractivity contribution in [3.8, 4) is 0 Å². The number of nitrogens with one attached hydrogen (secondary N) is 1. The molecule has 0 amide bonds. The monoisotopic (exact) mass is 230 g/mol. The Morgan fingerprint density at radius 3 is 3.19 bits per heavy atom. The van der Waals surface area contributed by atoms with Gasteiger partial charge in [0.25, 0.3) is 0 Å². The summed E-state index contributed by atoms with van der Waals surface area (Å²) in [5.41, 5.74) is 2.65. The van der Waals surface area contributed by atoms with Crippen molar-refractivity contribution in [3.63, 3.8) is 0 Å². The lowest BCUT2D eigenvalue weighted by atomic mass is 10.1. The summed E-state index contributed by atoms with van der Waals surface area (Å²) in [7, 11) is 0. The molecule has 1 N–H and O–H groups in total. The maximum atomic E-state index is 4.37. The van der Waals surface area contributed by atoms with Crippen LogP contribution in [0.4, 0.5) is 0 Å². The normalized spacial score (nSPS) is 14.8. The van der Waals surface area contributed by atoms with Crippen LogP contribution in [0.3, 0.4) is 0 Å². The van der Waals surface area contributed by atoms with Gasteiger partial charge >= 0.3 is 0 Å². The first kappa shape index (κ1) is 10.00. The highest BCUT2D eigenvalue weighted by Gasteiger charge is 2.12. The minimum Gasteiger partial charge on any atom is -0.312 e. The summed E-state index contributed by atoms with van der Waals surface area (Å²) in [6.07, 6.45) is 4.02. The molecule has 0 saturated heterocycles. The highest BCUT2D eigenvalue weighted by atomic mass is 32.1. The van der Waals surface area contributed by atoms with E-state index in [1.54, 1.807) is 4.88 Å². The molecule has 0 fully saturated rings. The first-order valence-corrected chi connectivity index (χ1v) is 6.44. The van der Waals surface area contributed by atoms with E-state index in [1.807, 2.05) is 23.6 Å². The van der Waals surface area contributed by atoms with Gasteiger partial charge in [0.2, 0.25) is 0 Å². The van der Waals surface area contributed by atoms with Gasteiger partial charge in [-0.3, -0.25) is 4.98 Å². The molecule has 2 aromatic rings. The molecular formula is C13H14N2S. The molecule has 2 aromatic heterocycles. The Morgan fingerprint density at radius 2 is 2.38 bits per heavy atom. The third kappa shape index (κ3) is 2.01. The van der Waals surface area contributed by atoms with Gasteiger partial charge in [-0.15, -0.1) is 11.3 Å². The quantitative estimate of drug-likeness (QED) is 0.857. The second-order valence-corrected chi connectivity index (χ2v) is 5.31. The smallest absolute Gasteiger partial charge is 0.0455 e. The van der Waals surface area contributed by atoms with Crippen LogP contribution in [0.2, 0.25) is 0 Å². The molecule has 0 radical (unpaired) electrons. The van der Waals surface area contributed by atoms with Crippen molar-refractivity contribution in [1.29, 1.82) is 0 Å². The lowest BCUT2D eigenvalue weighted by molar-refractivity contribution is 0.652. The number of aromatic nitrogens is 1. The predicted octanol–water partition coefficient (Wildman–Crippen LogP) is 2.38. The lowest BCUT2D eigenvalue weighted by Gasteiger charge is -2.10. The second-order valence-electron chi connectivity index (χ2n) is 4.09. The van der Waals surface area contributed by atoms with Crippen LogP contribution in [-0.2, 0) is 19.4 Å². The lowest BCUT2D eigenvalue weighted by Crippen LogP contribution is -2.21. The van der Waals surface area contributed by atoms with Crippen molar-refractivity contribution < 1.29 is 0 Å². The summed E-state index contributed by atoms with van der Waals surface area (Å²) in [5.74, 6) is 0. The number of hydrogen-bond acceptors (Lipinski definition) is 3. The molecule has 0 unspecified atom stereocenters. The summed E-state index contributed by atoms with van der Waals surface area (Å²) in [5, 5.41) is 3.41. The minimum absolute atomic E-state index is 0.971. The molecule has 0 atom stereocenters. The Bertz CT molecular complexity index is 452. The summed E-state index contributed by atoms with van der Waals surface area (Å²) in [6, 6.07) is 8.45. The number of pyridine rings is 1. The molecule has 1 aliphatic rings. The topological polar surface area (TPSA) is 24.9 Å². The van der Waals surface area contributed by atoms with Crippen LogP contribution in [0.25, 0.3) is 0 Å². The zero-order valence-corrected chi connectivity index (χ0v) is 9.89. The molecule has 0 saturated carbocycles. The molecule has 3 heterocycles. The fourth-order valence-electron chi connectivity index (χ4n) is 2.08. The number of nitrogens with zero attached hydrogens (tertiary/aromatic N) is 1. The third-order valence-electron chi connectivity index (χ3n) is 2.87. The highest BCUT2D eigenvalue weighted by molar-refractivity contribution is 7.12. The third-order valence-corrected chi connectivity index (χ3v) is 4.11. The molecular weight excluding hydrogens is 216 g/mol. The van der Waals surface area contributed by atoms with E-state index >= 15 is 0 Å². The van der Waals surface area contributed by atoms with E-state index < -0.39 is 0 Å². The highest BCUT2D eigenvalue weighted by Crippen LogP contribution is 2.26. The molecule has 3 rings (SSSR count). The van der Waals surface area contributed by atoms with Crippen LogP contribution in [0.15, 0.2) is 30.5 Å². The van der Waals surface area contributed by atoms with Crippen LogP contribution < -0.4 is 5.32 Å². The van der Waals surface area contributed by atoms with Gasteiger partial charge in [0, 0.05) is 41.2 Å². The standard InChI is InChI=1S/C13H14N2S/c1-2-5-15-11(3-1)8-12-7-10-9-14-6-4-13(10)16-12/h1-3,5,7,14H,4,6,8-9H2. The molecule has 3 heteroatoms. The summed E-state index contributed by atoms with van der Waals surface area (Å²) >= 11 is 1.95. The fraction of sp³-hybridized carbons (Fsp3) is 0.308. The van der Waals surface area contributed by atoms with Gasteiger partial charge in [0.15, 0.2) is 0 Å². The predicted molar refractivity (Wildman–Crippen MR) is 66.8 cm³/mol. The summed E-state index contributed by atoms with van der Waals surface area (Å²) < 4.78 is 0. The van der Waals surface area contributed by atoms with E-state index in [9.17, 15) is 0 Å². The van der Waals surface area contributed by atoms with Gasteiger partial charge in [-0.2, -0.15) is 0 Å². The van der Waals surface area contributed by atoms with Gasteiger partial charge in [0.1, 0.15) is 0 Å². The number of fused-ring (bicyclic) bond motifs is 1. The van der Waals surface area contributed by atoms with Gasteiger partial charge in [-0.25, -0.2) is 0 Å². The van der Waals surface area contributed by atoms with Crippen LogP contribution in [0.1, 0.15) is 21.0 Å². The van der Waals surface area contributed by atoms with E-state index in [2.05, 4.69) is 28.5 Å². The van der Waals surface area contributed by atoms with Crippen molar-refractivity contribution in [3.05, 3.63) is 51.5 Å². The van der Waals surface area contributed by atoms with Crippen LogP contribution in [0.5, 0.6) is 0 Å². The van der Waals surface area contributed by atoms with Crippen molar-refractivity contribution in [1.82, 2.24) is 10.3 Å². The Kier molecular flexibility index (Phi) is 2.72. The molecule has 0 aliphatic carbocycles. The maximum absolute atomic E-state index is 4.37. The van der Waals surface area contributed by atoms with Crippen molar-refractivity contribution in [2.24, 2.45) is 0 Å². The Hall–Kier alpha value is -1.19. The van der Waals surface area contributed by atoms with Gasteiger partial charge in [-0.1, -0.05) is 6.07 Å². The number of thiophene rings is 1. The Balaban J connectivity index is 1.83. The molecule has 0 spiro atoms. The summed E-state index contributed by atoms with van der Waals surface area (Å²) in [4.78, 5) is 7.37. The molecule has 0 bridgehead atoms. The number of hydrogen-bond donors (Lipinski definition) is 1. The average molecular weight is 230 g/mol. The SMILES string of the molecule is c1ccc(Cc2cc3c(s2)CCNC3)nc1. The van der Waals surface area contributed by atoms with E-state index in [1.165, 1.54) is 16.9 Å². The zero-order valence-electron chi connectivity index (χ0n) is 9.07. The minimum atomic E-state index is 0.971. The largest absolute Gasteiger partial charge is 0.312 e. The van der Waals surface area contributed by atoms with Gasteiger partial charge in [0.05, 0.1) is 0 Å². The first-order chi connectivity index (χ1) is 7.92. The summed E-state index contributed by atoms with van der Waals surface area (Å²) in [6.45, 7) is 2.16. The second kappa shape index (κ2) is 4.36. The van der Waals surface area contributed by atoms with Gasteiger partial charge in [-0.05, 0) is 30.2 Å². The zero-order chi connectivity index (χ0) is 10.8. The molecule has 2 nitrogen and oxygen atoms in total.